The van der Waals surface area contributed by atoms with Gasteiger partial charge in [-0.3, -0.25) is 4.79 Å². The van der Waals surface area contributed by atoms with Crippen LogP contribution in [0.3, 0.4) is 0 Å². The lowest BCUT2D eigenvalue weighted by Gasteiger charge is -2.61. The van der Waals surface area contributed by atoms with E-state index in [1.165, 1.54) is 19.3 Å². The minimum atomic E-state index is -0.0925. The second kappa shape index (κ2) is 5.17. The zero-order valence-electron chi connectivity index (χ0n) is 12.0. The number of nitrogens with one attached hydrogen (secondary N) is 1. The van der Waals surface area contributed by atoms with Crippen LogP contribution in [0.2, 0.25) is 0 Å². The molecule has 4 heteroatoms. The standard InChI is InChI=1S/C14H26N2O2/c1-5-18-12-9-11(14(12)7-6-8-14)15-10(2)13(17)16(3)4/h10-12,15H,5-9H2,1-4H3. The normalized spacial score (nSPS) is 30.4. The summed E-state index contributed by atoms with van der Waals surface area (Å²) in [5.41, 5.74) is 0.330. The van der Waals surface area contributed by atoms with Crippen molar-refractivity contribution in [1.82, 2.24) is 10.2 Å². The molecule has 0 aromatic rings. The number of hydrogen-bond donors (Lipinski definition) is 1. The van der Waals surface area contributed by atoms with E-state index in [0.29, 0.717) is 17.6 Å². The topological polar surface area (TPSA) is 41.6 Å². The molecule has 1 amide bonds. The van der Waals surface area contributed by atoms with Gasteiger partial charge in [-0.15, -0.1) is 0 Å². The number of rotatable bonds is 5. The van der Waals surface area contributed by atoms with E-state index in [1.807, 2.05) is 21.0 Å². The number of ether oxygens (including phenoxy) is 1. The van der Waals surface area contributed by atoms with Crippen molar-refractivity contribution < 1.29 is 9.53 Å². The highest BCUT2D eigenvalue weighted by Gasteiger charge is 2.59. The van der Waals surface area contributed by atoms with Crippen molar-refractivity contribution in [3.8, 4) is 0 Å². The van der Waals surface area contributed by atoms with Crippen molar-refractivity contribution in [3.05, 3.63) is 0 Å². The number of carbonyl (C=O) groups is 1. The Morgan fingerprint density at radius 3 is 2.61 bits per heavy atom. The van der Waals surface area contributed by atoms with E-state index in [-0.39, 0.29) is 11.9 Å². The molecule has 0 aromatic heterocycles. The van der Waals surface area contributed by atoms with Gasteiger partial charge in [-0.1, -0.05) is 6.42 Å². The van der Waals surface area contributed by atoms with E-state index in [4.69, 9.17) is 4.74 Å². The summed E-state index contributed by atoms with van der Waals surface area (Å²) in [7, 11) is 3.62. The lowest BCUT2D eigenvalue weighted by atomic mass is 9.51. The van der Waals surface area contributed by atoms with Gasteiger partial charge in [-0.25, -0.2) is 0 Å². The Morgan fingerprint density at radius 1 is 1.50 bits per heavy atom. The van der Waals surface area contributed by atoms with E-state index < -0.39 is 0 Å². The van der Waals surface area contributed by atoms with Crippen LogP contribution in [-0.2, 0) is 9.53 Å². The second-order valence-corrected chi connectivity index (χ2v) is 5.94. The van der Waals surface area contributed by atoms with Gasteiger partial charge in [-0.05, 0) is 33.1 Å². The molecule has 1 N–H and O–H groups in total. The number of nitrogens with zero attached hydrogens (tertiary/aromatic N) is 1. The van der Waals surface area contributed by atoms with Gasteiger partial charge in [0.1, 0.15) is 0 Å². The van der Waals surface area contributed by atoms with Gasteiger partial charge in [0, 0.05) is 32.2 Å². The van der Waals surface area contributed by atoms with Crippen LogP contribution >= 0.6 is 0 Å². The summed E-state index contributed by atoms with van der Waals surface area (Å²) >= 11 is 0. The van der Waals surface area contributed by atoms with Crippen LogP contribution in [-0.4, -0.2) is 49.7 Å². The molecule has 2 aliphatic carbocycles. The zero-order valence-corrected chi connectivity index (χ0v) is 12.0. The van der Waals surface area contributed by atoms with Crippen LogP contribution in [0, 0.1) is 5.41 Å². The third kappa shape index (κ3) is 2.16. The van der Waals surface area contributed by atoms with Crippen molar-refractivity contribution >= 4 is 5.91 Å². The van der Waals surface area contributed by atoms with E-state index in [9.17, 15) is 4.79 Å². The summed E-state index contributed by atoms with van der Waals surface area (Å²) in [6.07, 6.45) is 5.27. The summed E-state index contributed by atoms with van der Waals surface area (Å²) in [6, 6.07) is 0.367. The minimum Gasteiger partial charge on any atom is -0.378 e. The minimum absolute atomic E-state index is 0.0925. The van der Waals surface area contributed by atoms with Gasteiger partial charge in [0.05, 0.1) is 12.1 Å². The highest BCUT2D eigenvalue weighted by Crippen LogP contribution is 2.57. The Bertz CT molecular complexity index is 313. The van der Waals surface area contributed by atoms with Crippen molar-refractivity contribution in [1.29, 1.82) is 0 Å². The largest absolute Gasteiger partial charge is 0.378 e. The van der Waals surface area contributed by atoms with Crippen LogP contribution < -0.4 is 5.32 Å². The molecule has 2 saturated carbocycles. The van der Waals surface area contributed by atoms with Gasteiger partial charge in [0.2, 0.25) is 5.91 Å². The third-order valence-corrected chi connectivity index (χ3v) is 4.70. The van der Waals surface area contributed by atoms with Gasteiger partial charge < -0.3 is 15.0 Å². The number of carbonyl (C=O) groups excluding carboxylic acids is 1. The molecule has 2 aliphatic rings. The monoisotopic (exact) mass is 254 g/mol. The smallest absolute Gasteiger partial charge is 0.238 e. The summed E-state index contributed by atoms with van der Waals surface area (Å²) < 4.78 is 5.82. The van der Waals surface area contributed by atoms with E-state index in [1.54, 1.807) is 4.90 Å². The van der Waals surface area contributed by atoms with Gasteiger partial charge >= 0.3 is 0 Å². The van der Waals surface area contributed by atoms with Crippen LogP contribution in [0.15, 0.2) is 0 Å². The SMILES string of the molecule is CCOC1CC(NC(C)C(=O)N(C)C)C12CCC2. The first-order valence-corrected chi connectivity index (χ1v) is 7.10. The summed E-state index contributed by atoms with van der Waals surface area (Å²) in [6.45, 7) is 4.82. The number of hydrogen-bond acceptors (Lipinski definition) is 3. The fraction of sp³-hybridized carbons (Fsp3) is 0.929. The van der Waals surface area contributed by atoms with Gasteiger partial charge in [0.25, 0.3) is 0 Å². The Morgan fingerprint density at radius 2 is 2.17 bits per heavy atom. The lowest BCUT2D eigenvalue weighted by Crippen LogP contribution is -2.68. The fourth-order valence-electron chi connectivity index (χ4n) is 3.43. The molecule has 0 aromatic carbocycles. The van der Waals surface area contributed by atoms with Crippen molar-refractivity contribution in [2.45, 2.75) is 57.7 Å². The van der Waals surface area contributed by atoms with Crippen LogP contribution in [0.1, 0.15) is 39.5 Å². The van der Waals surface area contributed by atoms with E-state index >= 15 is 0 Å². The van der Waals surface area contributed by atoms with Gasteiger partial charge in [-0.2, -0.15) is 0 Å². The van der Waals surface area contributed by atoms with Crippen molar-refractivity contribution in [2.24, 2.45) is 5.41 Å². The summed E-state index contributed by atoms with van der Waals surface area (Å²) in [5.74, 6) is 0.157. The maximum absolute atomic E-state index is 11.9. The zero-order chi connectivity index (χ0) is 13.3. The van der Waals surface area contributed by atoms with Crippen LogP contribution in [0.5, 0.6) is 0 Å². The Hall–Kier alpha value is -0.610. The maximum atomic E-state index is 11.9. The molecular weight excluding hydrogens is 228 g/mol. The van der Waals surface area contributed by atoms with Crippen molar-refractivity contribution in [3.63, 3.8) is 0 Å². The molecular formula is C14H26N2O2. The molecule has 0 aliphatic heterocycles. The predicted octanol–water partition coefficient (Wildman–Crippen LogP) is 1.40. The number of likely N-dealkylation sites (N-methyl/N-ethyl adjacent to an activating group) is 1. The van der Waals surface area contributed by atoms with Crippen molar-refractivity contribution in [2.75, 3.05) is 20.7 Å². The van der Waals surface area contributed by atoms with E-state index in [2.05, 4.69) is 12.2 Å². The first kappa shape index (κ1) is 13.8. The molecule has 3 unspecified atom stereocenters. The number of amides is 1. The average Bonchev–Trinajstić information content (AvgIpc) is 2.23. The second-order valence-electron chi connectivity index (χ2n) is 5.94. The molecule has 0 saturated heterocycles. The third-order valence-electron chi connectivity index (χ3n) is 4.70. The fourth-order valence-corrected chi connectivity index (χ4v) is 3.43. The first-order valence-electron chi connectivity index (χ1n) is 7.10. The van der Waals surface area contributed by atoms with E-state index in [0.717, 1.165) is 13.0 Å². The quantitative estimate of drug-likeness (QED) is 0.806. The molecule has 0 radical (unpaired) electrons. The first-order chi connectivity index (χ1) is 8.51. The molecule has 0 bridgehead atoms. The molecule has 3 atom stereocenters. The maximum Gasteiger partial charge on any atom is 0.238 e. The Labute approximate surface area is 110 Å². The molecule has 1 spiro atoms. The molecule has 4 nitrogen and oxygen atoms in total. The molecule has 2 rings (SSSR count). The highest BCUT2D eigenvalue weighted by atomic mass is 16.5. The molecule has 104 valence electrons. The summed E-state index contributed by atoms with van der Waals surface area (Å²) in [5, 5.41) is 3.51. The Kier molecular flexibility index (Phi) is 3.97. The van der Waals surface area contributed by atoms with Crippen LogP contribution in [0.25, 0.3) is 0 Å². The van der Waals surface area contributed by atoms with Crippen LogP contribution in [0.4, 0.5) is 0 Å². The van der Waals surface area contributed by atoms with Gasteiger partial charge in [0.15, 0.2) is 0 Å². The highest BCUT2D eigenvalue weighted by molar-refractivity contribution is 5.81. The lowest BCUT2D eigenvalue weighted by molar-refractivity contribution is -0.175. The Balaban J connectivity index is 1.90. The molecule has 18 heavy (non-hydrogen) atoms. The molecule has 2 fully saturated rings. The average molecular weight is 254 g/mol. The molecule has 0 heterocycles. The summed E-state index contributed by atoms with van der Waals surface area (Å²) in [4.78, 5) is 13.5. The predicted molar refractivity (Wildman–Crippen MR) is 71.4 cm³/mol.